The fourth-order valence-electron chi connectivity index (χ4n) is 2.14. The number of carboxylic acids is 1. The van der Waals surface area contributed by atoms with Gasteiger partial charge in [-0.15, -0.1) is 0 Å². The van der Waals surface area contributed by atoms with Gasteiger partial charge in [-0.05, 0) is 30.4 Å². The molecule has 1 heterocycles. The molecule has 5 nitrogen and oxygen atoms in total. The van der Waals surface area contributed by atoms with E-state index in [2.05, 4.69) is 5.32 Å². The van der Waals surface area contributed by atoms with Crippen LogP contribution in [-0.2, 0) is 4.79 Å². The summed E-state index contributed by atoms with van der Waals surface area (Å²) in [7, 11) is 0. The Kier molecular flexibility index (Phi) is 7.19. The maximum Gasteiger partial charge on any atom is 0.317 e. The Labute approximate surface area is 125 Å². The SMILES string of the molecule is CC(C)(CCNC(=O)N1CCCSCC1)CCC(=O)O. The van der Waals surface area contributed by atoms with Gasteiger partial charge in [0, 0.05) is 31.8 Å². The maximum absolute atomic E-state index is 12.0. The number of amides is 2. The molecule has 0 saturated carbocycles. The molecule has 0 aromatic heterocycles. The van der Waals surface area contributed by atoms with E-state index < -0.39 is 5.97 Å². The third-order valence-corrected chi connectivity index (χ3v) is 4.65. The summed E-state index contributed by atoms with van der Waals surface area (Å²) in [6.07, 6.45) is 2.68. The van der Waals surface area contributed by atoms with Crippen LogP contribution in [0.5, 0.6) is 0 Å². The Morgan fingerprint density at radius 1 is 1.25 bits per heavy atom. The molecular weight excluding hydrogens is 276 g/mol. The number of hydrogen-bond donors (Lipinski definition) is 2. The fraction of sp³-hybridized carbons (Fsp3) is 0.857. The van der Waals surface area contributed by atoms with Gasteiger partial charge in [0.05, 0.1) is 0 Å². The summed E-state index contributed by atoms with van der Waals surface area (Å²) >= 11 is 1.90. The molecular formula is C14H26N2O3S. The smallest absolute Gasteiger partial charge is 0.317 e. The summed E-state index contributed by atoms with van der Waals surface area (Å²) in [5.74, 6) is 1.38. The van der Waals surface area contributed by atoms with E-state index in [1.807, 2.05) is 30.5 Å². The lowest BCUT2D eigenvalue weighted by atomic mass is 9.84. The van der Waals surface area contributed by atoms with Gasteiger partial charge in [0.2, 0.25) is 0 Å². The van der Waals surface area contributed by atoms with Crippen molar-refractivity contribution in [1.82, 2.24) is 10.2 Å². The van der Waals surface area contributed by atoms with Crippen molar-refractivity contribution in [2.24, 2.45) is 5.41 Å². The van der Waals surface area contributed by atoms with E-state index in [0.29, 0.717) is 13.0 Å². The second-order valence-corrected chi connectivity index (χ2v) is 7.22. The predicted octanol–water partition coefficient (Wildman–Crippen LogP) is 2.42. The van der Waals surface area contributed by atoms with E-state index in [1.54, 1.807) is 0 Å². The lowest BCUT2D eigenvalue weighted by Crippen LogP contribution is -2.42. The number of hydrogen-bond acceptors (Lipinski definition) is 3. The second-order valence-electron chi connectivity index (χ2n) is 5.99. The fourth-order valence-corrected chi connectivity index (χ4v) is 3.03. The zero-order valence-corrected chi connectivity index (χ0v) is 13.3. The Morgan fingerprint density at radius 3 is 2.70 bits per heavy atom. The zero-order chi connectivity index (χ0) is 15.0. The minimum Gasteiger partial charge on any atom is -0.481 e. The van der Waals surface area contributed by atoms with Crippen LogP contribution in [0.3, 0.4) is 0 Å². The first-order valence-electron chi connectivity index (χ1n) is 7.23. The number of urea groups is 1. The quantitative estimate of drug-likeness (QED) is 0.790. The second kappa shape index (κ2) is 8.39. The van der Waals surface area contributed by atoms with Crippen LogP contribution in [0.1, 0.15) is 39.5 Å². The van der Waals surface area contributed by atoms with Crippen LogP contribution in [0, 0.1) is 5.41 Å². The van der Waals surface area contributed by atoms with Crippen LogP contribution in [-0.4, -0.2) is 53.1 Å². The van der Waals surface area contributed by atoms with Gasteiger partial charge in [0.15, 0.2) is 0 Å². The number of nitrogens with zero attached hydrogens (tertiary/aromatic N) is 1. The average molecular weight is 302 g/mol. The third kappa shape index (κ3) is 7.03. The standard InChI is InChI=1S/C14H26N2O3S/c1-14(2,5-4-12(17)18)6-7-15-13(19)16-8-3-10-20-11-9-16/h3-11H2,1-2H3,(H,15,19)(H,17,18). The summed E-state index contributed by atoms with van der Waals surface area (Å²) in [5, 5.41) is 11.7. The van der Waals surface area contributed by atoms with E-state index in [4.69, 9.17) is 5.11 Å². The molecule has 0 radical (unpaired) electrons. The lowest BCUT2D eigenvalue weighted by Gasteiger charge is -2.25. The monoisotopic (exact) mass is 302 g/mol. The van der Waals surface area contributed by atoms with E-state index in [9.17, 15) is 9.59 Å². The molecule has 0 bridgehead atoms. The topological polar surface area (TPSA) is 69.6 Å². The Balaban J connectivity index is 2.24. The van der Waals surface area contributed by atoms with Gasteiger partial charge >= 0.3 is 12.0 Å². The molecule has 6 heteroatoms. The van der Waals surface area contributed by atoms with Crippen LogP contribution < -0.4 is 5.32 Å². The van der Waals surface area contributed by atoms with Crippen molar-refractivity contribution in [2.75, 3.05) is 31.1 Å². The van der Waals surface area contributed by atoms with Crippen LogP contribution in [0.2, 0.25) is 0 Å². The average Bonchev–Trinajstić information content (AvgIpc) is 2.65. The van der Waals surface area contributed by atoms with Gasteiger partial charge in [0.1, 0.15) is 0 Å². The molecule has 0 aliphatic carbocycles. The van der Waals surface area contributed by atoms with Crippen molar-refractivity contribution in [3.8, 4) is 0 Å². The van der Waals surface area contributed by atoms with Crippen LogP contribution >= 0.6 is 11.8 Å². The summed E-state index contributed by atoms with van der Waals surface area (Å²) < 4.78 is 0. The van der Waals surface area contributed by atoms with Gasteiger partial charge in [-0.3, -0.25) is 4.79 Å². The van der Waals surface area contributed by atoms with Crippen molar-refractivity contribution >= 4 is 23.8 Å². The molecule has 1 aliphatic rings. The first-order valence-corrected chi connectivity index (χ1v) is 8.38. The highest BCUT2D eigenvalue weighted by molar-refractivity contribution is 7.99. The molecule has 1 saturated heterocycles. The van der Waals surface area contributed by atoms with Gasteiger partial charge in [0.25, 0.3) is 0 Å². The minimum absolute atomic E-state index is 0.0153. The molecule has 2 N–H and O–H groups in total. The lowest BCUT2D eigenvalue weighted by molar-refractivity contribution is -0.137. The Hall–Kier alpha value is -0.910. The Morgan fingerprint density at radius 2 is 2.00 bits per heavy atom. The number of nitrogens with one attached hydrogen (secondary N) is 1. The van der Waals surface area contributed by atoms with Crippen molar-refractivity contribution in [3.05, 3.63) is 0 Å². The molecule has 2 amide bonds. The number of aliphatic carboxylic acids is 1. The number of carboxylic acid groups (broad SMARTS) is 1. The number of carbonyl (C=O) groups is 2. The van der Waals surface area contributed by atoms with E-state index >= 15 is 0 Å². The summed E-state index contributed by atoms with van der Waals surface area (Å²) in [5.41, 5.74) is -0.0552. The molecule has 0 unspecified atom stereocenters. The van der Waals surface area contributed by atoms with E-state index in [1.165, 1.54) is 0 Å². The highest BCUT2D eigenvalue weighted by Crippen LogP contribution is 2.26. The van der Waals surface area contributed by atoms with E-state index in [0.717, 1.165) is 37.4 Å². The van der Waals surface area contributed by atoms with Crippen molar-refractivity contribution in [1.29, 1.82) is 0 Å². The van der Waals surface area contributed by atoms with Gasteiger partial charge in [-0.25, -0.2) is 4.79 Å². The normalized spacial score (nSPS) is 16.6. The summed E-state index contributed by atoms with van der Waals surface area (Å²) in [6, 6.07) is 0.0153. The molecule has 1 aliphatic heterocycles. The first kappa shape index (κ1) is 17.1. The summed E-state index contributed by atoms with van der Waals surface area (Å²) in [6.45, 7) is 6.35. The van der Waals surface area contributed by atoms with Gasteiger partial charge in [-0.2, -0.15) is 11.8 Å². The van der Waals surface area contributed by atoms with Crippen LogP contribution in [0.15, 0.2) is 0 Å². The molecule has 0 aromatic carbocycles. The zero-order valence-electron chi connectivity index (χ0n) is 12.5. The van der Waals surface area contributed by atoms with Crippen LogP contribution in [0.25, 0.3) is 0 Å². The van der Waals surface area contributed by atoms with Crippen molar-refractivity contribution in [2.45, 2.75) is 39.5 Å². The predicted molar refractivity (Wildman–Crippen MR) is 82.2 cm³/mol. The van der Waals surface area contributed by atoms with Crippen molar-refractivity contribution in [3.63, 3.8) is 0 Å². The minimum atomic E-state index is -0.760. The third-order valence-electron chi connectivity index (χ3n) is 3.60. The van der Waals surface area contributed by atoms with Crippen LogP contribution in [0.4, 0.5) is 4.79 Å². The molecule has 20 heavy (non-hydrogen) atoms. The number of thioether (sulfide) groups is 1. The summed E-state index contributed by atoms with van der Waals surface area (Å²) in [4.78, 5) is 24.5. The first-order chi connectivity index (χ1) is 9.41. The highest BCUT2D eigenvalue weighted by Gasteiger charge is 2.20. The number of carbonyl (C=O) groups excluding carboxylic acids is 1. The molecule has 1 fully saturated rings. The molecule has 0 spiro atoms. The Bertz CT molecular complexity index is 326. The maximum atomic E-state index is 12.0. The molecule has 0 aromatic rings. The highest BCUT2D eigenvalue weighted by atomic mass is 32.2. The molecule has 0 atom stereocenters. The van der Waals surface area contributed by atoms with E-state index in [-0.39, 0.29) is 17.9 Å². The number of rotatable bonds is 6. The van der Waals surface area contributed by atoms with Gasteiger partial charge < -0.3 is 15.3 Å². The molecule has 1 rings (SSSR count). The largest absolute Gasteiger partial charge is 0.481 e. The van der Waals surface area contributed by atoms with Gasteiger partial charge in [-0.1, -0.05) is 13.8 Å². The van der Waals surface area contributed by atoms with Crippen molar-refractivity contribution < 1.29 is 14.7 Å². The molecule has 116 valence electrons.